The van der Waals surface area contributed by atoms with Gasteiger partial charge in [-0.3, -0.25) is 9.69 Å². The molecule has 4 nitrogen and oxygen atoms in total. The summed E-state index contributed by atoms with van der Waals surface area (Å²) in [4.78, 5) is 16.9. The lowest BCUT2D eigenvalue weighted by atomic mass is 9.99. The van der Waals surface area contributed by atoms with Crippen LogP contribution in [-0.4, -0.2) is 53.0 Å². The van der Waals surface area contributed by atoms with Crippen LogP contribution < -0.4 is 0 Å². The number of carbonyl (C=O) groups is 1. The summed E-state index contributed by atoms with van der Waals surface area (Å²) in [5.74, 6) is 0.0488. The zero-order valence-corrected chi connectivity index (χ0v) is 13.5. The van der Waals surface area contributed by atoms with Crippen molar-refractivity contribution in [3.05, 3.63) is 34.9 Å². The summed E-state index contributed by atoms with van der Waals surface area (Å²) in [6, 6.07) is 7.55. The van der Waals surface area contributed by atoms with Crippen molar-refractivity contribution in [2.24, 2.45) is 0 Å². The van der Waals surface area contributed by atoms with E-state index in [-0.39, 0.29) is 12.3 Å². The number of rotatable bonds is 3. The Morgan fingerprint density at radius 3 is 2.77 bits per heavy atom. The standard InChI is InChI=1S/C17H23ClN2O2/c18-14-6-4-13(5-7-14)16(21)11-17(22)20-10-9-19-8-2-1-3-15(19)12-20/h4-7,15-16,21H,1-3,8-12H2. The zero-order chi connectivity index (χ0) is 15.5. The molecule has 0 spiro atoms. The van der Waals surface area contributed by atoms with Gasteiger partial charge in [0.1, 0.15) is 0 Å². The molecular weight excluding hydrogens is 300 g/mol. The molecule has 0 saturated carbocycles. The van der Waals surface area contributed by atoms with Gasteiger partial charge in [-0.25, -0.2) is 0 Å². The number of amides is 1. The van der Waals surface area contributed by atoms with Crippen LogP contribution in [0.5, 0.6) is 0 Å². The minimum Gasteiger partial charge on any atom is -0.388 e. The van der Waals surface area contributed by atoms with Gasteiger partial charge < -0.3 is 10.0 Å². The van der Waals surface area contributed by atoms with Gasteiger partial charge in [0.15, 0.2) is 0 Å². The SMILES string of the molecule is O=C(CC(O)c1ccc(Cl)cc1)N1CCN2CCCCC2C1. The van der Waals surface area contributed by atoms with Crippen molar-refractivity contribution in [2.45, 2.75) is 37.8 Å². The van der Waals surface area contributed by atoms with E-state index in [1.165, 1.54) is 25.8 Å². The number of piperazine rings is 1. The van der Waals surface area contributed by atoms with Gasteiger partial charge in [0.2, 0.25) is 5.91 Å². The van der Waals surface area contributed by atoms with Crippen LogP contribution in [0.2, 0.25) is 5.02 Å². The van der Waals surface area contributed by atoms with Crippen LogP contribution in [0.1, 0.15) is 37.4 Å². The van der Waals surface area contributed by atoms with Crippen LogP contribution in [0.4, 0.5) is 0 Å². The van der Waals surface area contributed by atoms with Gasteiger partial charge in [-0.15, -0.1) is 0 Å². The van der Waals surface area contributed by atoms with Crippen molar-refractivity contribution in [3.63, 3.8) is 0 Å². The smallest absolute Gasteiger partial charge is 0.225 e. The maximum atomic E-state index is 12.4. The first-order valence-electron chi connectivity index (χ1n) is 8.09. The van der Waals surface area contributed by atoms with Gasteiger partial charge in [-0.1, -0.05) is 30.2 Å². The topological polar surface area (TPSA) is 43.8 Å². The number of fused-ring (bicyclic) bond motifs is 1. The fourth-order valence-corrected chi connectivity index (χ4v) is 3.61. The fraction of sp³-hybridized carbons (Fsp3) is 0.588. The predicted molar refractivity (Wildman–Crippen MR) is 86.8 cm³/mol. The number of aliphatic hydroxyl groups excluding tert-OH is 1. The highest BCUT2D eigenvalue weighted by atomic mass is 35.5. The number of carbonyl (C=O) groups excluding carboxylic acids is 1. The number of hydrogen-bond acceptors (Lipinski definition) is 3. The first-order chi connectivity index (χ1) is 10.6. The van der Waals surface area contributed by atoms with Gasteiger partial charge in [-0.05, 0) is 37.1 Å². The van der Waals surface area contributed by atoms with Gasteiger partial charge in [0.25, 0.3) is 0 Å². The molecule has 0 bridgehead atoms. The number of halogens is 1. The lowest BCUT2D eigenvalue weighted by Gasteiger charge is -2.44. The Labute approximate surface area is 136 Å². The first-order valence-corrected chi connectivity index (χ1v) is 8.46. The number of aliphatic hydroxyl groups is 1. The highest BCUT2D eigenvalue weighted by molar-refractivity contribution is 6.30. The second-order valence-corrected chi connectivity index (χ2v) is 6.73. The van der Waals surface area contributed by atoms with Crippen molar-refractivity contribution in [3.8, 4) is 0 Å². The van der Waals surface area contributed by atoms with E-state index in [9.17, 15) is 9.90 Å². The van der Waals surface area contributed by atoms with Crippen molar-refractivity contribution in [1.82, 2.24) is 9.80 Å². The molecule has 1 amide bonds. The number of hydrogen-bond donors (Lipinski definition) is 1. The molecule has 1 aromatic carbocycles. The number of piperidine rings is 1. The fourth-order valence-electron chi connectivity index (χ4n) is 3.48. The zero-order valence-electron chi connectivity index (χ0n) is 12.7. The second-order valence-electron chi connectivity index (χ2n) is 6.30. The lowest BCUT2D eigenvalue weighted by molar-refractivity contribution is -0.136. The van der Waals surface area contributed by atoms with Gasteiger partial charge in [0, 0.05) is 30.7 Å². The van der Waals surface area contributed by atoms with E-state index in [1.54, 1.807) is 24.3 Å². The monoisotopic (exact) mass is 322 g/mol. The van der Waals surface area contributed by atoms with E-state index in [0.29, 0.717) is 11.1 Å². The molecule has 2 saturated heterocycles. The Hall–Kier alpha value is -1.10. The molecule has 2 fully saturated rings. The lowest BCUT2D eigenvalue weighted by Crippen LogP contribution is -2.56. The van der Waals surface area contributed by atoms with Gasteiger partial charge >= 0.3 is 0 Å². The van der Waals surface area contributed by atoms with Crippen LogP contribution in [0.15, 0.2) is 24.3 Å². The molecule has 2 aliphatic rings. The first kappa shape index (κ1) is 15.8. The number of nitrogens with zero attached hydrogens (tertiary/aromatic N) is 2. The summed E-state index contributed by atoms with van der Waals surface area (Å²) in [7, 11) is 0. The quantitative estimate of drug-likeness (QED) is 0.929. The molecule has 2 heterocycles. The van der Waals surface area contributed by atoms with E-state index in [0.717, 1.165) is 25.2 Å². The molecule has 2 unspecified atom stereocenters. The Morgan fingerprint density at radius 1 is 1.23 bits per heavy atom. The molecule has 120 valence electrons. The van der Waals surface area contributed by atoms with Gasteiger partial charge in [0.05, 0.1) is 12.5 Å². The third-order valence-electron chi connectivity index (χ3n) is 4.81. The Kier molecular flexibility index (Phi) is 5.01. The maximum absolute atomic E-state index is 12.4. The molecule has 2 aliphatic heterocycles. The van der Waals surface area contributed by atoms with Crippen molar-refractivity contribution in [1.29, 1.82) is 0 Å². The van der Waals surface area contributed by atoms with Crippen LogP contribution in [0.3, 0.4) is 0 Å². The molecule has 1 N–H and O–H groups in total. The molecular formula is C17H23ClN2O2. The van der Waals surface area contributed by atoms with E-state index in [1.807, 2.05) is 4.90 Å². The summed E-state index contributed by atoms with van der Waals surface area (Å²) in [5.41, 5.74) is 0.744. The second kappa shape index (κ2) is 6.99. The van der Waals surface area contributed by atoms with E-state index >= 15 is 0 Å². The van der Waals surface area contributed by atoms with Crippen LogP contribution >= 0.6 is 11.6 Å². The summed E-state index contributed by atoms with van der Waals surface area (Å²) in [6.45, 7) is 3.72. The maximum Gasteiger partial charge on any atom is 0.225 e. The summed E-state index contributed by atoms with van der Waals surface area (Å²) in [6.07, 6.45) is 3.11. The summed E-state index contributed by atoms with van der Waals surface area (Å²) >= 11 is 5.85. The molecule has 5 heteroatoms. The van der Waals surface area contributed by atoms with Gasteiger partial charge in [-0.2, -0.15) is 0 Å². The Balaban J connectivity index is 1.56. The number of benzene rings is 1. The Bertz CT molecular complexity index is 520. The minimum atomic E-state index is -0.755. The van der Waals surface area contributed by atoms with E-state index in [2.05, 4.69) is 4.90 Å². The Morgan fingerprint density at radius 2 is 2.00 bits per heavy atom. The van der Waals surface area contributed by atoms with Crippen molar-refractivity contribution in [2.75, 3.05) is 26.2 Å². The summed E-state index contributed by atoms with van der Waals surface area (Å²) in [5, 5.41) is 10.9. The average molecular weight is 323 g/mol. The molecule has 2 atom stereocenters. The summed E-state index contributed by atoms with van der Waals surface area (Å²) < 4.78 is 0. The predicted octanol–water partition coefficient (Wildman–Crippen LogP) is 2.46. The minimum absolute atomic E-state index is 0.0488. The average Bonchev–Trinajstić information content (AvgIpc) is 2.55. The largest absolute Gasteiger partial charge is 0.388 e. The van der Waals surface area contributed by atoms with Crippen LogP contribution in [0, 0.1) is 0 Å². The van der Waals surface area contributed by atoms with Crippen molar-refractivity contribution >= 4 is 17.5 Å². The highest BCUT2D eigenvalue weighted by Gasteiger charge is 2.31. The normalized spacial score (nSPS) is 23.9. The molecule has 22 heavy (non-hydrogen) atoms. The molecule has 0 radical (unpaired) electrons. The van der Waals surface area contributed by atoms with Crippen LogP contribution in [-0.2, 0) is 4.79 Å². The van der Waals surface area contributed by atoms with E-state index in [4.69, 9.17) is 11.6 Å². The van der Waals surface area contributed by atoms with E-state index < -0.39 is 6.10 Å². The van der Waals surface area contributed by atoms with Crippen molar-refractivity contribution < 1.29 is 9.90 Å². The molecule has 0 aliphatic carbocycles. The molecule has 3 rings (SSSR count). The molecule has 0 aromatic heterocycles. The highest BCUT2D eigenvalue weighted by Crippen LogP contribution is 2.24. The van der Waals surface area contributed by atoms with Crippen LogP contribution in [0.25, 0.3) is 0 Å². The third-order valence-corrected chi connectivity index (χ3v) is 5.06. The molecule has 1 aromatic rings. The third kappa shape index (κ3) is 3.62.